The molecule has 0 bridgehead atoms. The van der Waals surface area contributed by atoms with Gasteiger partial charge >= 0.3 is 0 Å². The minimum absolute atomic E-state index is 0.0918. The maximum atomic E-state index is 11.2. The molecule has 0 aromatic rings. The fraction of sp³-hybridized carbons (Fsp3) is 0.714. The first-order valence-corrected chi connectivity index (χ1v) is 5.82. The molecule has 3 nitrogen and oxygen atoms in total. The number of nitrogens with one attached hydrogen (secondary N) is 1. The van der Waals surface area contributed by atoms with E-state index >= 15 is 0 Å². The Hall–Kier alpha value is -0.220. The molecule has 0 aliphatic heterocycles. The van der Waals surface area contributed by atoms with Crippen molar-refractivity contribution in [1.29, 1.82) is 0 Å². The second-order valence-corrected chi connectivity index (χ2v) is 5.72. The molecule has 0 aromatic heterocycles. The molecule has 0 radical (unpaired) electrons. The minimum Gasteiger partial charge on any atom is -0.388 e. The molecule has 1 atom stereocenters. The molecule has 1 unspecified atom stereocenters. The van der Waals surface area contributed by atoms with Gasteiger partial charge in [0.15, 0.2) is 9.84 Å². The molecule has 0 spiro atoms. The first-order valence-electron chi connectivity index (χ1n) is 3.67. The lowest BCUT2D eigenvalue weighted by Gasteiger charge is -2.09. The largest absolute Gasteiger partial charge is 0.388 e. The van der Waals surface area contributed by atoms with Crippen LogP contribution in [0.4, 0.5) is 0 Å². The van der Waals surface area contributed by atoms with E-state index in [2.05, 4.69) is 11.9 Å². The second-order valence-electron chi connectivity index (χ2n) is 2.48. The lowest BCUT2D eigenvalue weighted by atomic mass is 10.5. The van der Waals surface area contributed by atoms with Gasteiger partial charge in [0.25, 0.3) is 0 Å². The predicted octanol–water partition coefficient (Wildman–Crippen LogP) is 1.11. The lowest BCUT2D eigenvalue weighted by molar-refractivity contribution is 0.595. The number of alkyl halides is 1. The van der Waals surface area contributed by atoms with Gasteiger partial charge in [-0.3, -0.25) is 0 Å². The first kappa shape index (κ1) is 11.8. The van der Waals surface area contributed by atoms with Gasteiger partial charge in [0, 0.05) is 12.2 Å². The molecule has 0 rings (SSSR count). The van der Waals surface area contributed by atoms with E-state index in [1.165, 1.54) is 6.92 Å². The molecule has 0 amide bonds. The molecule has 0 heterocycles. The molecule has 0 fully saturated rings. The molecule has 72 valence electrons. The van der Waals surface area contributed by atoms with Gasteiger partial charge in [-0.2, -0.15) is 0 Å². The zero-order valence-electron chi connectivity index (χ0n) is 7.30. The monoisotopic (exact) mass is 211 g/mol. The highest BCUT2D eigenvalue weighted by Gasteiger charge is 2.18. The van der Waals surface area contributed by atoms with Crippen molar-refractivity contribution in [3.05, 3.63) is 12.3 Å². The fourth-order valence-electron chi connectivity index (χ4n) is 0.659. The van der Waals surface area contributed by atoms with E-state index in [1.54, 1.807) is 0 Å². The van der Waals surface area contributed by atoms with Crippen LogP contribution in [-0.2, 0) is 9.84 Å². The lowest BCUT2D eigenvalue weighted by Crippen LogP contribution is -2.23. The van der Waals surface area contributed by atoms with Crippen LogP contribution in [0.25, 0.3) is 0 Å². The van der Waals surface area contributed by atoms with Crippen molar-refractivity contribution in [2.24, 2.45) is 0 Å². The highest BCUT2D eigenvalue weighted by Crippen LogP contribution is 2.08. The molecule has 0 saturated heterocycles. The molecule has 0 aliphatic rings. The molecular weight excluding hydrogens is 198 g/mol. The van der Waals surface area contributed by atoms with Gasteiger partial charge in [-0.05, 0) is 13.8 Å². The van der Waals surface area contributed by atoms with Crippen LogP contribution >= 0.6 is 11.6 Å². The normalized spacial score (nSPS) is 13.9. The summed E-state index contributed by atoms with van der Waals surface area (Å²) in [5.74, 6) is -0.0918. The number of hydrogen-bond acceptors (Lipinski definition) is 3. The molecule has 5 heteroatoms. The van der Waals surface area contributed by atoms with E-state index < -0.39 is 14.5 Å². The van der Waals surface area contributed by atoms with E-state index in [9.17, 15) is 8.42 Å². The second kappa shape index (κ2) is 4.72. The van der Waals surface area contributed by atoms with Crippen LogP contribution in [0.3, 0.4) is 0 Å². The van der Waals surface area contributed by atoms with Gasteiger partial charge in [0.05, 0.1) is 5.75 Å². The number of rotatable bonds is 5. The van der Waals surface area contributed by atoms with E-state index in [0.29, 0.717) is 12.2 Å². The van der Waals surface area contributed by atoms with Crippen LogP contribution in [0, 0.1) is 0 Å². The summed E-state index contributed by atoms with van der Waals surface area (Å²) in [6.45, 7) is 7.55. The Kier molecular flexibility index (Phi) is 4.63. The van der Waals surface area contributed by atoms with Crippen molar-refractivity contribution >= 4 is 21.4 Å². The minimum atomic E-state index is -3.22. The summed E-state index contributed by atoms with van der Waals surface area (Å²) in [7, 11) is -3.22. The summed E-state index contributed by atoms with van der Waals surface area (Å²) in [6.07, 6.45) is 0. The summed E-state index contributed by atoms with van der Waals surface area (Å²) in [6, 6.07) is 0. The van der Waals surface area contributed by atoms with E-state index in [4.69, 9.17) is 11.6 Å². The Labute approximate surface area is 78.7 Å². The van der Waals surface area contributed by atoms with Gasteiger partial charge < -0.3 is 5.32 Å². The molecule has 0 saturated carbocycles. The number of hydrogen-bond donors (Lipinski definition) is 1. The SMILES string of the molecule is C=C(CS(=O)(=O)C(C)Cl)NCC. The van der Waals surface area contributed by atoms with Crippen LogP contribution in [0.5, 0.6) is 0 Å². The van der Waals surface area contributed by atoms with Crippen molar-refractivity contribution in [3.8, 4) is 0 Å². The van der Waals surface area contributed by atoms with Crippen molar-refractivity contribution in [3.63, 3.8) is 0 Å². The molecule has 0 aliphatic carbocycles. The Morgan fingerprint density at radius 1 is 1.67 bits per heavy atom. The average Bonchev–Trinajstić information content (AvgIpc) is 1.85. The zero-order valence-corrected chi connectivity index (χ0v) is 8.87. The number of halogens is 1. The summed E-state index contributed by atoms with van der Waals surface area (Å²) in [4.78, 5) is 0. The van der Waals surface area contributed by atoms with Gasteiger partial charge in [0.1, 0.15) is 4.71 Å². The maximum Gasteiger partial charge on any atom is 0.172 e. The van der Waals surface area contributed by atoms with E-state index in [1.807, 2.05) is 6.92 Å². The van der Waals surface area contributed by atoms with Gasteiger partial charge in [0.2, 0.25) is 0 Å². The predicted molar refractivity (Wildman–Crippen MR) is 51.9 cm³/mol. The van der Waals surface area contributed by atoms with Crippen LogP contribution in [0.1, 0.15) is 13.8 Å². The van der Waals surface area contributed by atoms with Crippen LogP contribution < -0.4 is 5.32 Å². The summed E-state index contributed by atoms with van der Waals surface area (Å²) in [5.41, 5.74) is 0.491. The van der Waals surface area contributed by atoms with E-state index in [0.717, 1.165) is 0 Å². The van der Waals surface area contributed by atoms with Crippen LogP contribution in [0.2, 0.25) is 0 Å². The molecular formula is C7H14ClNO2S. The Morgan fingerprint density at radius 2 is 2.17 bits per heavy atom. The third-order valence-corrected chi connectivity index (χ3v) is 3.85. The van der Waals surface area contributed by atoms with E-state index in [-0.39, 0.29) is 5.75 Å². The average molecular weight is 212 g/mol. The Morgan fingerprint density at radius 3 is 2.50 bits per heavy atom. The van der Waals surface area contributed by atoms with Crippen molar-refractivity contribution in [1.82, 2.24) is 5.32 Å². The van der Waals surface area contributed by atoms with Crippen LogP contribution in [0.15, 0.2) is 12.3 Å². The quantitative estimate of drug-likeness (QED) is 0.693. The molecule has 12 heavy (non-hydrogen) atoms. The number of sulfone groups is 1. The zero-order chi connectivity index (χ0) is 9.78. The first-order chi connectivity index (χ1) is 5.40. The van der Waals surface area contributed by atoms with Crippen molar-refractivity contribution in [2.45, 2.75) is 18.6 Å². The van der Waals surface area contributed by atoms with Crippen LogP contribution in [-0.4, -0.2) is 25.4 Å². The topological polar surface area (TPSA) is 46.2 Å². The van der Waals surface area contributed by atoms with Crippen molar-refractivity contribution in [2.75, 3.05) is 12.3 Å². The van der Waals surface area contributed by atoms with Gasteiger partial charge in [-0.25, -0.2) is 8.42 Å². The maximum absolute atomic E-state index is 11.2. The third-order valence-electron chi connectivity index (χ3n) is 1.30. The highest BCUT2D eigenvalue weighted by molar-refractivity contribution is 7.93. The summed E-state index contributed by atoms with van der Waals surface area (Å²) < 4.78 is 21.5. The van der Waals surface area contributed by atoms with Gasteiger partial charge in [-0.15, -0.1) is 11.6 Å². The fourth-order valence-corrected chi connectivity index (χ4v) is 1.67. The molecule has 1 N–H and O–H groups in total. The van der Waals surface area contributed by atoms with Gasteiger partial charge in [-0.1, -0.05) is 6.58 Å². The summed E-state index contributed by atoms with van der Waals surface area (Å²) in [5, 5.41) is 2.82. The highest BCUT2D eigenvalue weighted by atomic mass is 35.5. The Balaban J connectivity index is 4.17. The smallest absolute Gasteiger partial charge is 0.172 e. The van der Waals surface area contributed by atoms with Crippen molar-refractivity contribution < 1.29 is 8.42 Å². The summed E-state index contributed by atoms with van der Waals surface area (Å²) >= 11 is 5.46. The third kappa shape index (κ3) is 3.97. The Bertz CT molecular complexity index is 246. The standard InChI is InChI=1S/C7H14ClNO2S/c1-4-9-6(2)5-12(10,11)7(3)8/h7,9H,2,4-5H2,1,3H3. The molecule has 0 aromatic carbocycles.